The second-order valence-corrected chi connectivity index (χ2v) is 10.8. The summed E-state index contributed by atoms with van der Waals surface area (Å²) in [5, 5.41) is 2.82. The average Bonchev–Trinajstić information content (AvgIpc) is 3.49. The molecule has 1 aliphatic rings. The SMILES string of the molecule is COc1cc2c(cc1OCCc1cccc(NC(C)=O)c1)C(c1ccc(C)cc1C)N(C(=O)CCc1cocn1)CC2. The van der Waals surface area contributed by atoms with E-state index in [0.717, 1.165) is 45.6 Å². The average molecular weight is 568 g/mol. The monoisotopic (exact) mass is 567 g/mol. The fourth-order valence-corrected chi connectivity index (χ4v) is 5.66. The summed E-state index contributed by atoms with van der Waals surface area (Å²) in [7, 11) is 1.65. The number of amides is 2. The van der Waals surface area contributed by atoms with Crippen molar-refractivity contribution in [2.75, 3.05) is 25.6 Å². The molecule has 2 amide bonds. The molecule has 0 radical (unpaired) electrons. The first-order valence-electron chi connectivity index (χ1n) is 14.3. The molecule has 0 bridgehead atoms. The number of anilines is 1. The van der Waals surface area contributed by atoms with Gasteiger partial charge < -0.3 is 24.1 Å². The minimum atomic E-state index is -0.248. The van der Waals surface area contributed by atoms with Crippen LogP contribution in [0.15, 0.2) is 71.7 Å². The van der Waals surface area contributed by atoms with Crippen LogP contribution < -0.4 is 14.8 Å². The van der Waals surface area contributed by atoms with Crippen molar-refractivity contribution in [3.8, 4) is 11.5 Å². The van der Waals surface area contributed by atoms with E-state index >= 15 is 0 Å². The maximum Gasteiger partial charge on any atom is 0.223 e. The Bertz CT molecular complexity index is 1560. The fraction of sp³-hybridized carbons (Fsp3) is 0.324. The number of methoxy groups -OCH3 is 1. The number of ether oxygens (including phenoxy) is 2. The van der Waals surface area contributed by atoms with E-state index in [9.17, 15) is 9.59 Å². The van der Waals surface area contributed by atoms with Crippen LogP contribution in [0.5, 0.6) is 11.5 Å². The predicted octanol–water partition coefficient (Wildman–Crippen LogP) is 5.99. The number of nitrogens with zero attached hydrogens (tertiary/aromatic N) is 2. The Morgan fingerprint density at radius 2 is 1.90 bits per heavy atom. The van der Waals surface area contributed by atoms with E-state index in [-0.39, 0.29) is 17.9 Å². The van der Waals surface area contributed by atoms with Gasteiger partial charge in [0.2, 0.25) is 11.8 Å². The Morgan fingerprint density at radius 1 is 1.05 bits per heavy atom. The van der Waals surface area contributed by atoms with Gasteiger partial charge in [0.15, 0.2) is 17.9 Å². The number of hydrogen-bond donors (Lipinski definition) is 1. The molecule has 0 saturated carbocycles. The van der Waals surface area contributed by atoms with Crippen LogP contribution in [0.3, 0.4) is 0 Å². The molecule has 42 heavy (non-hydrogen) atoms. The van der Waals surface area contributed by atoms with Gasteiger partial charge in [0.1, 0.15) is 6.26 Å². The quantitative estimate of drug-likeness (QED) is 0.253. The zero-order chi connectivity index (χ0) is 29.6. The maximum atomic E-state index is 13.7. The molecule has 1 unspecified atom stereocenters. The van der Waals surface area contributed by atoms with Gasteiger partial charge in [0, 0.05) is 38.4 Å². The number of rotatable bonds is 10. The molecule has 218 valence electrons. The first kappa shape index (κ1) is 28.9. The highest BCUT2D eigenvalue weighted by Crippen LogP contribution is 2.42. The third-order valence-electron chi connectivity index (χ3n) is 7.67. The summed E-state index contributed by atoms with van der Waals surface area (Å²) in [6.07, 6.45) is 5.23. The van der Waals surface area contributed by atoms with E-state index in [2.05, 4.69) is 48.4 Å². The van der Waals surface area contributed by atoms with Crippen LogP contribution in [-0.4, -0.2) is 42.0 Å². The molecule has 0 fully saturated rings. The number of nitrogens with one attached hydrogen (secondary N) is 1. The Labute approximate surface area is 246 Å². The Morgan fingerprint density at radius 3 is 2.64 bits per heavy atom. The molecule has 0 saturated heterocycles. The minimum Gasteiger partial charge on any atom is -0.493 e. The highest BCUT2D eigenvalue weighted by atomic mass is 16.5. The van der Waals surface area contributed by atoms with Gasteiger partial charge >= 0.3 is 0 Å². The van der Waals surface area contributed by atoms with Gasteiger partial charge in [-0.1, -0.05) is 35.9 Å². The number of carbonyl (C=O) groups excluding carboxylic acids is 2. The van der Waals surface area contributed by atoms with Crippen molar-refractivity contribution < 1.29 is 23.5 Å². The lowest BCUT2D eigenvalue weighted by molar-refractivity contribution is -0.133. The number of hydrogen-bond acceptors (Lipinski definition) is 6. The van der Waals surface area contributed by atoms with E-state index in [1.807, 2.05) is 35.2 Å². The normalized spacial score (nSPS) is 14.3. The van der Waals surface area contributed by atoms with E-state index in [0.29, 0.717) is 43.9 Å². The van der Waals surface area contributed by atoms with Gasteiger partial charge in [0.05, 0.1) is 25.5 Å². The Kier molecular flexibility index (Phi) is 8.91. The first-order chi connectivity index (χ1) is 20.3. The second kappa shape index (κ2) is 12.9. The van der Waals surface area contributed by atoms with Crippen molar-refractivity contribution in [3.05, 3.63) is 106 Å². The van der Waals surface area contributed by atoms with Crippen LogP contribution in [0.1, 0.15) is 58.5 Å². The summed E-state index contributed by atoms with van der Waals surface area (Å²) < 4.78 is 17.1. The summed E-state index contributed by atoms with van der Waals surface area (Å²) in [6, 6.07) is 18.0. The van der Waals surface area contributed by atoms with Crippen molar-refractivity contribution in [2.24, 2.45) is 0 Å². The molecule has 4 aromatic rings. The summed E-state index contributed by atoms with van der Waals surface area (Å²) >= 11 is 0. The van der Waals surface area contributed by atoms with Crippen molar-refractivity contribution >= 4 is 17.5 Å². The summed E-state index contributed by atoms with van der Waals surface area (Å²) in [5.41, 5.74) is 8.19. The molecular weight excluding hydrogens is 530 g/mol. The molecule has 3 aromatic carbocycles. The Balaban J connectivity index is 1.43. The number of fused-ring (bicyclic) bond motifs is 1. The predicted molar refractivity (Wildman–Crippen MR) is 161 cm³/mol. The van der Waals surface area contributed by atoms with Crippen molar-refractivity contribution in [2.45, 2.75) is 52.5 Å². The number of oxazole rings is 1. The lowest BCUT2D eigenvalue weighted by Crippen LogP contribution is -2.41. The van der Waals surface area contributed by atoms with E-state index in [1.165, 1.54) is 18.9 Å². The molecule has 0 aliphatic carbocycles. The van der Waals surface area contributed by atoms with Gasteiger partial charge in [-0.25, -0.2) is 4.98 Å². The molecule has 2 heterocycles. The van der Waals surface area contributed by atoms with E-state index in [1.54, 1.807) is 13.4 Å². The van der Waals surface area contributed by atoms with Crippen LogP contribution in [0.2, 0.25) is 0 Å². The van der Waals surface area contributed by atoms with Gasteiger partial charge in [-0.15, -0.1) is 0 Å². The van der Waals surface area contributed by atoms with Crippen LogP contribution in [0.4, 0.5) is 5.69 Å². The molecule has 1 aromatic heterocycles. The molecule has 1 aliphatic heterocycles. The highest BCUT2D eigenvalue weighted by Gasteiger charge is 2.34. The van der Waals surface area contributed by atoms with Gasteiger partial charge in [-0.05, 0) is 72.4 Å². The van der Waals surface area contributed by atoms with Crippen molar-refractivity contribution in [1.29, 1.82) is 0 Å². The van der Waals surface area contributed by atoms with Gasteiger partial charge in [-0.2, -0.15) is 0 Å². The zero-order valence-corrected chi connectivity index (χ0v) is 24.6. The van der Waals surface area contributed by atoms with Crippen LogP contribution in [0.25, 0.3) is 0 Å². The Hall–Kier alpha value is -4.59. The molecular formula is C34H37N3O5. The molecule has 5 rings (SSSR count). The molecule has 1 N–H and O–H groups in total. The highest BCUT2D eigenvalue weighted by molar-refractivity contribution is 5.88. The molecule has 8 heteroatoms. The molecule has 1 atom stereocenters. The van der Waals surface area contributed by atoms with E-state index < -0.39 is 0 Å². The zero-order valence-electron chi connectivity index (χ0n) is 24.6. The van der Waals surface area contributed by atoms with E-state index in [4.69, 9.17) is 13.9 Å². The lowest BCUT2D eigenvalue weighted by atomic mass is 9.85. The van der Waals surface area contributed by atoms with Crippen LogP contribution >= 0.6 is 0 Å². The summed E-state index contributed by atoms with van der Waals surface area (Å²) in [4.78, 5) is 31.3. The third-order valence-corrected chi connectivity index (χ3v) is 7.67. The topological polar surface area (TPSA) is 93.9 Å². The van der Waals surface area contributed by atoms with Gasteiger partial charge in [-0.3, -0.25) is 9.59 Å². The van der Waals surface area contributed by atoms with Crippen molar-refractivity contribution in [3.63, 3.8) is 0 Å². The molecule has 8 nitrogen and oxygen atoms in total. The number of aromatic nitrogens is 1. The fourth-order valence-electron chi connectivity index (χ4n) is 5.66. The lowest BCUT2D eigenvalue weighted by Gasteiger charge is -2.39. The molecule has 0 spiro atoms. The minimum absolute atomic E-state index is 0.0750. The standard InChI is InChI=1S/C34H37N3O5/c1-22-8-10-29(23(2)16-22)34-30-19-32(42-15-13-25-6-5-7-27(17-25)36-24(3)38)31(40-4)18-26(30)12-14-37(34)33(39)11-9-28-20-41-21-35-28/h5-8,10,16-21,34H,9,11-15H2,1-4H3,(H,36,38). The van der Waals surface area contributed by atoms with Crippen LogP contribution in [-0.2, 0) is 28.9 Å². The van der Waals surface area contributed by atoms with Crippen molar-refractivity contribution in [1.82, 2.24) is 9.88 Å². The van der Waals surface area contributed by atoms with Crippen LogP contribution in [0, 0.1) is 13.8 Å². The number of benzene rings is 3. The third kappa shape index (κ3) is 6.65. The second-order valence-electron chi connectivity index (χ2n) is 10.8. The first-order valence-corrected chi connectivity index (χ1v) is 14.3. The summed E-state index contributed by atoms with van der Waals surface area (Å²) in [6.45, 7) is 6.71. The number of aryl methyl sites for hydroxylation is 3. The summed E-state index contributed by atoms with van der Waals surface area (Å²) in [5.74, 6) is 1.28. The number of carbonyl (C=O) groups is 2. The smallest absolute Gasteiger partial charge is 0.223 e. The maximum absolute atomic E-state index is 13.7. The van der Waals surface area contributed by atoms with Gasteiger partial charge in [0.25, 0.3) is 0 Å². The largest absolute Gasteiger partial charge is 0.493 e.